The number of nitrogens with zero attached hydrogens (tertiary/aromatic N) is 4. The first-order valence-electron chi connectivity index (χ1n) is 10.2. The van der Waals surface area contributed by atoms with Gasteiger partial charge in [0.2, 0.25) is 5.91 Å². The summed E-state index contributed by atoms with van der Waals surface area (Å²) in [6, 6.07) is 12.0. The highest BCUT2D eigenvalue weighted by Crippen LogP contribution is 2.30. The molecule has 9 heteroatoms. The van der Waals surface area contributed by atoms with Crippen molar-refractivity contribution in [2.45, 2.75) is 12.6 Å². The van der Waals surface area contributed by atoms with Crippen LogP contribution in [0.4, 0.5) is 11.5 Å². The van der Waals surface area contributed by atoms with Crippen LogP contribution in [0.1, 0.15) is 27.7 Å². The van der Waals surface area contributed by atoms with Crippen LogP contribution in [0.15, 0.2) is 53.5 Å². The fourth-order valence-electron chi connectivity index (χ4n) is 3.98. The maximum absolute atomic E-state index is 13.3. The van der Waals surface area contributed by atoms with Gasteiger partial charge < -0.3 is 20.4 Å². The average molecular weight is 435 g/mol. The third-order valence-corrected chi connectivity index (χ3v) is 6.22. The molecule has 0 spiro atoms. The van der Waals surface area contributed by atoms with E-state index in [1.54, 1.807) is 22.7 Å². The van der Waals surface area contributed by atoms with Crippen molar-refractivity contribution in [2.24, 2.45) is 0 Å². The predicted molar refractivity (Wildman–Crippen MR) is 119 cm³/mol. The average Bonchev–Trinajstić information content (AvgIpc) is 3.34. The van der Waals surface area contributed by atoms with Crippen LogP contribution in [0.2, 0.25) is 0 Å². The van der Waals surface area contributed by atoms with Crippen molar-refractivity contribution < 1.29 is 9.59 Å². The summed E-state index contributed by atoms with van der Waals surface area (Å²) in [4.78, 5) is 38.1. The van der Waals surface area contributed by atoms with Gasteiger partial charge in [0.05, 0.1) is 35.5 Å². The first-order valence-corrected chi connectivity index (χ1v) is 11.1. The number of hydrogen-bond donors (Lipinski definition) is 2. The number of anilines is 2. The van der Waals surface area contributed by atoms with Gasteiger partial charge in [-0.15, -0.1) is 11.3 Å². The molecule has 0 radical (unpaired) electrons. The van der Waals surface area contributed by atoms with E-state index in [-0.39, 0.29) is 24.4 Å². The van der Waals surface area contributed by atoms with Crippen LogP contribution < -0.4 is 15.5 Å². The van der Waals surface area contributed by atoms with Gasteiger partial charge in [-0.25, -0.2) is 9.97 Å². The Bertz CT molecular complexity index is 1090. The van der Waals surface area contributed by atoms with Crippen molar-refractivity contribution in [3.63, 3.8) is 0 Å². The number of carbonyl (C=O) groups excluding carboxylic acids is 2. The van der Waals surface area contributed by atoms with Crippen molar-refractivity contribution in [1.82, 2.24) is 20.2 Å². The van der Waals surface area contributed by atoms with E-state index in [0.717, 1.165) is 17.8 Å². The Balaban J connectivity index is 1.39. The van der Waals surface area contributed by atoms with E-state index in [9.17, 15) is 9.59 Å². The van der Waals surface area contributed by atoms with E-state index in [0.29, 0.717) is 36.7 Å². The SMILES string of the molecule is O=C(c1cnc2c(c1)N(Cc1cscn1)C(=O)CN2)N1CCNC(c2ccccc2)C1. The highest BCUT2D eigenvalue weighted by molar-refractivity contribution is 7.07. The van der Waals surface area contributed by atoms with E-state index in [1.165, 1.54) is 11.3 Å². The molecule has 31 heavy (non-hydrogen) atoms. The highest BCUT2D eigenvalue weighted by atomic mass is 32.1. The summed E-state index contributed by atoms with van der Waals surface area (Å²) in [6.45, 7) is 2.46. The molecule has 1 atom stereocenters. The van der Waals surface area contributed by atoms with Crippen LogP contribution in [0, 0.1) is 0 Å². The smallest absolute Gasteiger partial charge is 0.255 e. The molecule has 2 amide bonds. The molecular formula is C22H22N6O2S. The van der Waals surface area contributed by atoms with Gasteiger partial charge in [0.1, 0.15) is 0 Å². The number of thiazole rings is 1. The summed E-state index contributed by atoms with van der Waals surface area (Å²) in [7, 11) is 0. The molecule has 2 N–H and O–H groups in total. The summed E-state index contributed by atoms with van der Waals surface area (Å²) in [6.07, 6.45) is 1.59. The molecule has 3 aromatic rings. The summed E-state index contributed by atoms with van der Waals surface area (Å²) in [5.41, 5.74) is 4.81. The number of aromatic nitrogens is 2. The van der Waals surface area contributed by atoms with Crippen LogP contribution in [0.5, 0.6) is 0 Å². The summed E-state index contributed by atoms with van der Waals surface area (Å²) in [5, 5.41) is 8.44. The molecule has 8 nitrogen and oxygen atoms in total. The number of carbonyl (C=O) groups is 2. The lowest BCUT2D eigenvalue weighted by molar-refractivity contribution is -0.117. The van der Waals surface area contributed by atoms with Gasteiger partial charge in [-0.3, -0.25) is 9.59 Å². The molecule has 2 aliphatic rings. The molecule has 1 saturated heterocycles. The standard InChI is InChI=1S/C22H22N6O2S/c29-20-10-25-21-19(28(20)11-17-13-31-14-26-17)8-16(9-24-21)22(30)27-7-6-23-18(12-27)15-4-2-1-3-5-15/h1-5,8-9,13-14,18,23H,6-7,10-12H2,(H,24,25). The van der Waals surface area contributed by atoms with Crippen molar-refractivity contribution in [1.29, 1.82) is 0 Å². The molecule has 1 aromatic carbocycles. The number of pyridine rings is 1. The minimum Gasteiger partial charge on any atom is -0.359 e. The van der Waals surface area contributed by atoms with Gasteiger partial charge in [-0.1, -0.05) is 30.3 Å². The minimum absolute atomic E-state index is 0.0711. The van der Waals surface area contributed by atoms with Crippen molar-refractivity contribution in [3.8, 4) is 0 Å². The zero-order valence-corrected chi connectivity index (χ0v) is 17.6. The first kappa shape index (κ1) is 19.7. The Morgan fingerprint density at radius 1 is 1.23 bits per heavy atom. The molecule has 4 heterocycles. The molecule has 2 aromatic heterocycles. The Morgan fingerprint density at radius 2 is 2.10 bits per heavy atom. The fraction of sp³-hybridized carbons (Fsp3) is 0.273. The lowest BCUT2D eigenvalue weighted by atomic mass is 10.0. The Hall–Kier alpha value is -3.30. The minimum atomic E-state index is -0.0793. The maximum atomic E-state index is 13.3. The zero-order chi connectivity index (χ0) is 21.2. The second-order valence-corrected chi connectivity index (χ2v) is 8.29. The zero-order valence-electron chi connectivity index (χ0n) is 16.8. The Kier molecular flexibility index (Phi) is 5.35. The van der Waals surface area contributed by atoms with Gasteiger partial charge >= 0.3 is 0 Å². The lowest BCUT2D eigenvalue weighted by Crippen LogP contribution is -2.48. The molecule has 2 aliphatic heterocycles. The van der Waals surface area contributed by atoms with Gasteiger partial charge in [-0.05, 0) is 11.6 Å². The van der Waals surface area contributed by atoms with Crippen LogP contribution in [0.3, 0.4) is 0 Å². The van der Waals surface area contributed by atoms with Crippen LogP contribution in [0.25, 0.3) is 0 Å². The van der Waals surface area contributed by atoms with Crippen molar-refractivity contribution in [3.05, 3.63) is 70.3 Å². The second kappa shape index (κ2) is 8.44. The van der Waals surface area contributed by atoms with Gasteiger partial charge in [-0.2, -0.15) is 0 Å². The van der Waals surface area contributed by atoms with Gasteiger partial charge in [0.15, 0.2) is 5.82 Å². The summed E-state index contributed by atoms with van der Waals surface area (Å²) in [5.74, 6) is 0.455. The van der Waals surface area contributed by atoms with E-state index in [1.807, 2.05) is 28.5 Å². The first-order chi connectivity index (χ1) is 15.2. The Morgan fingerprint density at radius 3 is 2.90 bits per heavy atom. The molecule has 0 bridgehead atoms. The predicted octanol–water partition coefficient (Wildman–Crippen LogP) is 2.28. The summed E-state index contributed by atoms with van der Waals surface area (Å²) >= 11 is 1.49. The third kappa shape index (κ3) is 4.01. The van der Waals surface area contributed by atoms with Gasteiger partial charge in [0, 0.05) is 37.3 Å². The third-order valence-electron chi connectivity index (χ3n) is 5.58. The topological polar surface area (TPSA) is 90.5 Å². The number of piperazine rings is 1. The molecule has 1 unspecified atom stereocenters. The number of nitrogens with one attached hydrogen (secondary N) is 2. The molecule has 0 saturated carbocycles. The molecular weight excluding hydrogens is 412 g/mol. The van der Waals surface area contributed by atoms with E-state index in [2.05, 4.69) is 32.7 Å². The monoisotopic (exact) mass is 434 g/mol. The summed E-state index contributed by atoms with van der Waals surface area (Å²) < 4.78 is 0. The number of benzene rings is 1. The van der Waals surface area contributed by atoms with E-state index < -0.39 is 0 Å². The maximum Gasteiger partial charge on any atom is 0.255 e. The number of hydrogen-bond acceptors (Lipinski definition) is 7. The van der Waals surface area contributed by atoms with E-state index in [4.69, 9.17) is 0 Å². The second-order valence-electron chi connectivity index (χ2n) is 7.57. The van der Waals surface area contributed by atoms with Crippen molar-refractivity contribution in [2.75, 3.05) is 36.4 Å². The number of fused-ring (bicyclic) bond motifs is 1. The number of rotatable bonds is 4. The van der Waals surface area contributed by atoms with Crippen LogP contribution >= 0.6 is 11.3 Å². The molecule has 5 rings (SSSR count). The van der Waals surface area contributed by atoms with Crippen LogP contribution in [-0.4, -0.2) is 52.9 Å². The van der Waals surface area contributed by atoms with Crippen molar-refractivity contribution >= 4 is 34.7 Å². The number of amides is 2. The normalized spacial score (nSPS) is 18.5. The van der Waals surface area contributed by atoms with Crippen LogP contribution in [-0.2, 0) is 11.3 Å². The van der Waals surface area contributed by atoms with Gasteiger partial charge in [0.25, 0.3) is 5.91 Å². The molecule has 0 aliphatic carbocycles. The van der Waals surface area contributed by atoms with E-state index >= 15 is 0 Å². The fourth-order valence-corrected chi connectivity index (χ4v) is 4.53. The quantitative estimate of drug-likeness (QED) is 0.655. The Labute approximate surface area is 183 Å². The molecule has 1 fully saturated rings. The molecule has 158 valence electrons. The largest absolute Gasteiger partial charge is 0.359 e. The lowest BCUT2D eigenvalue weighted by Gasteiger charge is -2.34. The highest BCUT2D eigenvalue weighted by Gasteiger charge is 2.29.